The summed E-state index contributed by atoms with van der Waals surface area (Å²) in [5.74, 6) is -2.90. The van der Waals surface area contributed by atoms with E-state index in [9.17, 15) is 20.4 Å². The van der Waals surface area contributed by atoms with E-state index in [1.807, 2.05) is 0 Å². The maximum atomic E-state index is 11.6. The molecule has 0 saturated heterocycles. The van der Waals surface area contributed by atoms with Gasteiger partial charge in [0.25, 0.3) is 5.97 Å². The van der Waals surface area contributed by atoms with E-state index in [0.717, 1.165) is 38.5 Å². The molecule has 0 aliphatic rings. The molecular formula is C41H84O4. The molecule has 45 heavy (non-hydrogen) atoms. The fourth-order valence-corrected chi connectivity index (χ4v) is 6.99. The van der Waals surface area contributed by atoms with Crippen molar-refractivity contribution in [3.05, 3.63) is 0 Å². The zero-order valence-electron chi connectivity index (χ0n) is 31.3. The zero-order valence-corrected chi connectivity index (χ0v) is 31.3. The molecule has 0 aromatic rings. The number of rotatable bonds is 36. The Balaban J connectivity index is 3.98. The van der Waals surface area contributed by atoms with Gasteiger partial charge in [-0.15, -0.1) is 0 Å². The number of hydrogen-bond acceptors (Lipinski definition) is 4. The van der Waals surface area contributed by atoms with Gasteiger partial charge in [-0.05, 0) is 26.7 Å². The first kappa shape index (κ1) is 44.8. The summed E-state index contributed by atoms with van der Waals surface area (Å²) >= 11 is 0. The molecule has 0 saturated carbocycles. The van der Waals surface area contributed by atoms with E-state index in [0.29, 0.717) is 12.8 Å². The molecule has 0 aliphatic heterocycles. The van der Waals surface area contributed by atoms with Crippen LogP contribution in [0, 0.1) is 5.41 Å². The van der Waals surface area contributed by atoms with Crippen molar-refractivity contribution < 1.29 is 20.4 Å². The van der Waals surface area contributed by atoms with Gasteiger partial charge in [0.2, 0.25) is 0 Å². The van der Waals surface area contributed by atoms with E-state index in [1.54, 1.807) is 13.8 Å². The highest BCUT2D eigenvalue weighted by Crippen LogP contribution is 2.45. The lowest BCUT2D eigenvalue weighted by molar-refractivity contribution is -0.397. The van der Waals surface area contributed by atoms with Crippen LogP contribution < -0.4 is 0 Å². The van der Waals surface area contributed by atoms with Gasteiger partial charge in [-0.25, -0.2) is 0 Å². The summed E-state index contributed by atoms with van der Waals surface area (Å²) in [6.07, 6.45) is 42.7. The first-order chi connectivity index (χ1) is 21.6. The summed E-state index contributed by atoms with van der Waals surface area (Å²) in [5.41, 5.74) is -2.71. The second-order valence-electron chi connectivity index (χ2n) is 15.4. The highest BCUT2D eigenvalue weighted by Gasteiger charge is 2.54. The van der Waals surface area contributed by atoms with Gasteiger partial charge in [0.15, 0.2) is 0 Å². The standard InChI is InChI=1S/C41H84O4/c1-5-7-9-11-13-15-17-19-21-23-25-27-29-31-33-35-37-40(42,39(3,4)41(43,44)45)38-36-34-32-30-28-26-24-22-20-18-16-14-12-10-8-6-2/h42-45H,5-38H2,1-4H3. The van der Waals surface area contributed by atoms with Crippen molar-refractivity contribution in [2.24, 2.45) is 5.41 Å². The Bertz CT molecular complexity index is 561. The highest BCUT2D eigenvalue weighted by molar-refractivity contribution is 4.97. The van der Waals surface area contributed by atoms with Crippen LogP contribution in [-0.2, 0) is 0 Å². The largest absolute Gasteiger partial charge is 0.389 e. The van der Waals surface area contributed by atoms with E-state index < -0.39 is 17.0 Å². The maximum absolute atomic E-state index is 11.6. The lowest BCUT2D eigenvalue weighted by Gasteiger charge is -2.47. The molecule has 0 bridgehead atoms. The summed E-state index contributed by atoms with van der Waals surface area (Å²) in [4.78, 5) is 0. The second-order valence-corrected chi connectivity index (χ2v) is 15.4. The molecule has 0 unspecified atom stereocenters. The van der Waals surface area contributed by atoms with Crippen LogP contribution in [0.2, 0.25) is 0 Å². The molecule has 4 N–H and O–H groups in total. The van der Waals surface area contributed by atoms with Gasteiger partial charge in [-0.3, -0.25) is 0 Å². The van der Waals surface area contributed by atoms with Gasteiger partial charge < -0.3 is 20.4 Å². The van der Waals surface area contributed by atoms with Gasteiger partial charge in [-0.2, -0.15) is 0 Å². The van der Waals surface area contributed by atoms with Gasteiger partial charge >= 0.3 is 0 Å². The molecule has 4 heteroatoms. The zero-order chi connectivity index (χ0) is 33.5. The van der Waals surface area contributed by atoms with Crippen molar-refractivity contribution in [1.29, 1.82) is 0 Å². The van der Waals surface area contributed by atoms with E-state index >= 15 is 0 Å². The Labute approximate surface area is 283 Å². The predicted molar refractivity (Wildman–Crippen MR) is 196 cm³/mol. The summed E-state index contributed by atoms with van der Waals surface area (Å²) in [7, 11) is 0. The smallest absolute Gasteiger partial charge is 0.283 e. The first-order valence-corrected chi connectivity index (χ1v) is 20.5. The quantitative estimate of drug-likeness (QED) is 0.0406. The van der Waals surface area contributed by atoms with Crippen molar-refractivity contribution in [3.63, 3.8) is 0 Å². The maximum Gasteiger partial charge on any atom is 0.283 e. The molecule has 0 aromatic heterocycles. The van der Waals surface area contributed by atoms with Crippen LogP contribution in [0.1, 0.15) is 246 Å². The SMILES string of the molecule is CCCCCCCCCCCCCCCCCCC(O)(CCCCCCCCCCCCCCCCCC)C(C)(C)C(O)(O)O. The molecule has 0 radical (unpaired) electrons. The monoisotopic (exact) mass is 641 g/mol. The van der Waals surface area contributed by atoms with Crippen LogP contribution in [0.15, 0.2) is 0 Å². The van der Waals surface area contributed by atoms with Gasteiger partial charge in [0.05, 0.1) is 11.0 Å². The summed E-state index contributed by atoms with van der Waals surface area (Å²) in [6.45, 7) is 7.73. The van der Waals surface area contributed by atoms with Crippen LogP contribution in [0.5, 0.6) is 0 Å². The Hall–Kier alpha value is -0.160. The van der Waals surface area contributed by atoms with Crippen LogP contribution in [0.25, 0.3) is 0 Å². The lowest BCUT2D eigenvalue weighted by Crippen LogP contribution is -2.59. The number of hydrogen-bond donors (Lipinski definition) is 4. The number of unbranched alkanes of at least 4 members (excludes halogenated alkanes) is 30. The third-order valence-corrected chi connectivity index (χ3v) is 10.9. The van der Waals surface area contributed by atoms with E-state index in [2.05, 4.69) is 13.8 Å². The van der Waals surface area contributed by atoms with Gasteiger partial charge in [0, 0.05) is 0 Å². The van der Waals surface area contributed by atoms with Crippen molar-refractivity contribution in [3.8, 4) is 0 Å². The molecule has 272 valence electrons. The Morgan fingerprint density at radius 1 is 0.289 bits per heavy atom. The Morgan fingerprint density at radius 2 is 0.467 bits per heavy atom. The third-order valence-electron chi connectivity index (χ3n) is 10.9. The normalized spacial score (nSPS) is 12.8. The predicted octanol–water partition coefficient (Wildman–Crippen LogP) is 12.7. The first-order valence-electron chi connectivity index (χ1n) is 20.5. The molecule has 0 fully saturated rings. The Morgan fingerprint density at radius 3 is 0.644 bits per heavy atom. The molecule has 0 heterocycles. The van der Waals surface area contributed by atoms with Crippen molar-refractivity contribution in [2.45, 2.75) is 258 Å². The average Bonchev–Trinajstić information content (AvgIpc) is 3.00. The summed E-state index contributed by atoms with van der Waals surface area (Å²) < 4.78 is 0. The van der Waals surface area contributed by atoms with Crippen LogP contribution in [0.4, 0.5) is 0 Å². The lowest BCUT2D eigenvalue weighted by atomic mass is 9.67. The molecule has 0 rings (SSSR count). The average molecular weight is 641 g/mol. The van der Waals surface area contributed by atoms with Crippen molar-refractivity contribution >= 4 is 0 Å². The van der Waals surface area contributed by atoms with Crippen molar-refractivity contribution in [2.75, 3.05) is 0 Å². The second kappa shape index (κ2) is 29.9. The minimum atomic E-state index is -2.90. The molecule has 0 spiro atoms. The fraction of sp³-hybridized carbons (Fsp3) is 1.00. The molecule has 4 nitrogen and oxygen atoms in total. The summed E-state index contributed by atoms with van der Waals surface area (Å²) in [5, 5.41) is 41.9. The van der Waals surface area contributed by atoms with E-state index in [-0.39, 0.29) is 0 Å². The highest BCUT2D eigenvalue weighted by atomic mass is 16.7. The van der Waals surface area contributed by atoms with E-state index in [1.165, 1.54) is 167 Å². The molecule has 0 atom stereocenters. The van der Waals surface area contributed by atoms with Crippen LogP contribution >= 0.6 is 0 Å². The molecular weight excluding hydrogens is 556 g/mol. The van der Waals surface area contributed by atoms with E-state index in [4.69, 9.17) is 0 Å². The van der Waals surface area contributed by atoms with Gasteiger partial charge in [-0.1, -0.05) is 219 Å². The molecule has 0 aromatic carbocycles. The third kappa shape index (κ3) is 24.6. The van der Waals surface area contributed by atoms with Crippen LogP contribution in [-0.4, -0.2) is 32.0 Å². The van der Waals surface area contributed by atoms with Crippen LogP contribution in [0.3, 0.4) is 0 Å². The minimum Gasteiger partial charge on any atom is -0.389 e. The fourth-order valence-electron chi connectivity index (χ4n) is 6.99. The van der Waals surface area contributed by atoms with Gasteiger partial charge in [0.1, 0.15) is 0 Å². The topological polar surface area (TPSA) is 80.9 Å². The Kier molecular flexibility index (Phi) is 29.8. The summed E-state index contributed by atoms with van der Waals surface area (Å²) in [6, 6.07) is 0. The molecule has 0 aliphatic carbocycles. The van der Waals surface area contributed by atoms with Crippen molar-refractivity contribution in [1.82, 2.24) is 0 Å². The molecule has 0 amide bonds. The number of aliphatic hydroxyl groups is 4. The minimum absolute atomic E-state index is 0.501.